The Morgan fingerprint density at radius 1 is 1.30 bits per heavy atom. The van der Waals surface area contributed by atoms with Crippen molar-refractivity contribution in [3.05, 3.63) is 34.3 Å². The van der Waals surface area contributed by atoms with Gasteiger partial charge in [-0.25, -0.2) is 0 Å². The van der Waals surface area contributed by atoms with Crippen LogP contribution in [-0.2, 0) is 16.0 Å². The topological polar surface area (TPSA) is 77.8 Å². The lowest BCUT2D eigenvalue weighted by molar-refractivity contribution is -0.124. The summed E-state index contributed by atoms with van der Waals surface area (Å²) in [5, 5.41) is 19.3. The third-order valence-electron chi connectivity index (χ3n) is 4.85. The first-order chi connectivity index (χ1) is 11.0. The van der Waals surface area contributed by atoms with Gasteiger partial charge in [0.1, 0.15) is 0 Å². The van der Waals surface area contributed by atoms with Crippen molar-refractivity contribution in [1.82, 2.24) is 4.90 Å². The van der Waals surface area contributed by atoms with Crippen LogP contribution in [0.15, 0.2) is 28.8 Å². The maximum atomic E-state index is 11.6. The second kappa shape index (κ2) is 6.35. The van der Waals surface area contributed by atoms with Gasteiger partial charge in [-0.15, -0.1) is 0 Å². The Labute approximate surface area is 142 Å². The number of hydrogen-bond donors (Lipinski definition) is 2. The van der Waals surface area contributed by atoms with Crippen LogP contribution < -0.4 is 0 Å². The Morgan fingerprint density at radius 3 is 2.78 bits per heavy atom. The molecule has 1 amide bonds. The van der Waals surface area contributed by atoms with Crippen LogP contribution in [0.4, 0.5) is 0 Å². The second-order valence-electron chi connectivity index (χ2n) is 6.20. The van der Waals surface area contributed by atoms with Gasteiger partial charge in [0.2, 0.25) is 6.41 Å². The minimum absolute atomic E-state index is 0.0594. The van der Waals surface area contributed by atoms with Crippen molar-refractivity contribution < 1.29 is 19.8 Å². The van der Waals surface area contributed by atoms with E-state index < -0.39 is 0 Å². The molecule has 1 aromatic carbocycles. The molecule has 1 aliphatic heterocycles. The lowest BCUT2D eigenvalue weighted by atomic mass is 9.72. The summed E-state index contributed by atoms with van der Waals surface area (Å²) in [6.07, 6.45) is 6.31. The molecule has 3 rings (SSSR count). The quantitative estimate of drug-likeness (QED) is 0.624. The van der Waals surface area contributed by atoms with Gasteiger partial charge in [-0.2, -0.15) is 0 Å². The van der Waals surface area contributed by atoms with Crippen molar-refractivity contribution >= 4 is 28.1 Å². The average Bonchev–Trinajstić information content (AvgIpc) is 2.52. The number of aromatic hydroxyl groups is 2. The normalized spacial score (nSPS) is 26.9. The average molecular weight is 380 g/mol. The fourth-order valence-corrected chi connectivity index (χ4v) is 4.13. The van der Waals surface area contributed by atoms with Crippen molar-refractivity contribution in [2.24, 2.45) is 11.8 Å². The highest BCUT2D eigenvalue weighted by Gasteiger charge is 2.38. The Bertz CT molecular complexity index is 673. The second-order valence-corrected chi connectivity index (χ2v) is 7.06. The summed E-state index contributed by atoms with van der Waals surface area (Å²) in [6, 6.07) is 2.91. The molecule has 3 unspecified atom stereocenters. The molecule has 1 aliphatic carbocycles. The van der Waals surface area contributed by atoms with Gasteiger partial charge in [0.05, 0.1) is 0 Å². The Morgan fingerprint density at radius 2 is 2.04 bits per heavy atom. The molecule has 2 aliphatic rings. The van der Waals surface area contributed by atoms with Gasteiger partial charge in [-0.1, -0.05) is 22.0 Å². The molecule has 1 aromatic rings. The number of halogens is 1. The number of allylic oxidation sites excluding steroid dienone is 1. The van der Waals surface area contributed by atoms with Gasteiger partial charge in [0.15, 0.2) is 17.3 Å². The van der Waals surface area contributed by atoms with Crippen molar-refractivity contribution in [1.29, 1.82) is 0 Å². The van der Waals surface area contributed by atoms with Crippen molar-refractivity contribution in [2.75, 3.05) is 6.54 Å². The first-order valence-electron chi connectivity index (χ1n) is 7.62. The zero-order valence-electron chi connectivity index (χ0n) is 12.5. The number of hydrogen-bond acceptors (Lipinski definition) is 4. The van der Waals surface area contributed by atoms with E-state index in [0.717, 1.165) is 18.4 Å². The molecule has 0 radical (unpaired) electrons. The molecule has 122 valence electrons. The van der Waals surface area contributed by atoms with E-state index in [0.29, 0.717) is 23.9 Å². The number of amides is 1. The Kier molecular flexibility index (Phi) is 4.43. The molecule has 3 atom stereocenters. The third-order valence-corrected chi connectivity index (χ3v) is 5.59. The van der Waals surface area contributed by atoms with Crippen LogP contribution in [0.3, 0.4) is 0 Å². The van der Waals surface area contributed by atoms with E-state index in [1.807, 2.05) is 6.08 Å². The molecule has 0 bridgehead atoms. The highest BCUT2D eigenvalue weighted by molar-refractivity contribution is 9.10. The lowest BCUT2D eigenvalue weighted by Crippen LogP contribution is -2.50. The number of carbonyl (C=O) groups excluding carboxylic acids is 2. The molecule has 0 aromatic heterocycles. The van der Waals surface area contributed by atoms with Crippen molar-refractivity contribution in [3.8, 4) is 11.5 Å². The molecule has 0 saturated carbocycles. The van der Waals surface area contributed by atoms with Gasteiger partial charge in [0.25, 0.3) is 0 Å². The highest BCUT2D eigenvalue weighted by Crippen LogP contribution is 2.39. The van der Waals surface area contributed by atoms with Crippen molar-refractivity contribution in [3.63, 3.8) is 0 Å². The van der Waals surface area contributed by atoms with E-state index in [1.165, 1.54) is 12.1 Å². The van der Waals surface area contributed by atoms with E-state index in [-0.39, 0.29) is 35.2 Å². The van der Waals surface area contributed by atoms with Gasteiger partial charge in [0, 0.05) is 29.4 Å². The first kappa shape index (κ1) is 16.1. The maximum absolute atomic E-state index is 11.6. The number of likely N-dealkylation sites (tertiary alicyclic amines) is 1. The number of benzene rings is 1. The van der Waals surface area contributed by atoms with Crippen LogP contribution in [0, 0.1) is 11.8 Å². The summed E-state index contributed by atoms with van der Waals surface area (Å²) in [7, 11) is 0. The minimum Gasteiger partial charge on any atom is -0.504 e. The molecule has 1 saturated heterocycles. The fraction of sp³-hybridized carbons (Fsp3) is 0.412. The Balaban J connectivity index is 1.91. The number of carbonyl (C=O) groups is 2. The predicted molar refractivity (Wildman–Crippen MR) is 88.1 cm³/mol. The van der Waals surface area contributed by atoms with Gasteiger partial charge in [-0.3, -0.25) is 9.59 Å². The number of piperidine rings is 1. The molecule has 2 N–H and O–H groups in total. The van der Waals surface area contributed by atoms with Crippen LogP contribution in [0.2, 0.25) is 0 Å². The molecule has 6 heteroatoms. The van der Waals surface area contributed by atoms with Gasteiger partial charge in [-0.05, 0) is 42.5 Å². The predicted octanol–water partition coefficient (Wildman–Crippen LogP) is 2.39. The number of fused-ring (bicyclic) bond motifs is 1. The van der Waals surface area contributed by atoms with E-state index in [1.54, 1.807) is 11.0 Å². The number of nitrogens with zero attached hydrogens (tertiary/aromatic N) is 1. The van der Waals surface area contributed by atoms with Gasteiger partial charge >= 0.3 is 0 Å². The van der Waals surface area contributed by atoms with Crippen LogP contribution in [0.5, 0.6) is 11.5 Å². The number of rotatable bonds is 3. The van der Waals surface area contributed by atoms with Crippen molar-refractivity contribution in [2.45, 2.75) is 25.3 Å². The molecule has 23 heavy (non-hydrogen) atoms. The van der Waals surface area contributed by atoms with E-state index in [4.69, 9.17) is 0 Å². The largest absolute Gasteiger partial charge is 0.504 e. The minimum atomic E-state index is -0.183. The highest BCUT2D eigenvalue weighted by atomic mass is 79.9. The van der Waals surface area contributed by atoms with Crippen LogP contribution in [0.1, 0.15) is 18.4 Å². The first-order valence-corrected chi connectivity index (χ1v) is 8.41. The SMILES string of the molecule is O=CN1CCC2CC(=O)C=CC2C1Cc1cc(O)c(O)cc1Br. The molecular formula is C17H18BrNO4. The maximum Gasteiger partial charge on any atom is 0.209 e. The summed E-state index contributed by atoms with van der Waals surface area (Å²) >= 11 is 3.40. The molecule has 1 heterocycles. The van der Waals surface area contributed by atoms with Gasteiger partial charge < -0.3 is 15.1 Å². The summed E-state index contributed by atoms with van der Waals surface area (Å²) in [5.74, 6) is 0.181. The summed E-state index contributed by atoms with van der Waals surface area (Å²) < 4.78 is 0.691. The number of ketones is 1. The molecule has 5 nitrogen and oxygen atoms in total. The van der Waals surface area contributed by atoms with Crippen LogP contribution in [-0.4, -0.2) is 39.9 Å². The monoisotopic (exact) mass is 379 g/mol. The standard InChI is InChI=1S/C17H18BrNO4/c18-14-8-17(23)16(22)7-11(14)6-15-13-2-1-12(21)5-10(13)3-4-19(15)9-20/h1-2,7-10,13,15,22-23H,3-6H2. The smallest absolute Gasteiger partial charge is 0.209 e. The van der Waals surface area contributed by atoms with E-state index in [9.17, 15) is 19.8 Å². The summed E-state index contributed by atoms with van der Waals surface area (Å²) in [6.45, 7) is 0.637. The number of phenolic OH excluding ortho intramolecular Hbond substituents is 2. The van der Waals surface area contributed by atoms with Crippen LogP contribution >= 0.6 is 15.9 Å². The summed E-state index contributed by atoms with van der Waals surface area (Å²) in [5.41, 5.74) is 0.822. The molecular weight excluding hydrogens is 362 g/mol. The summed E-state index contributed by atoms with van der Waals surface area (Å²) in [4.78, 5) is 24.8. The van der Waals surface area contributed by atoms with E-state index in [2.05, 4.69) is 15.9 Å². The van der Waals surface area contributed by atoms with Crippen LogP contribution in [0.25, 0.3) is 0 Å². The zero-order chi connectivity index (χ0) is 16.6. The molecule has 1 fully saturated rings. The molecule has 0 spiro atoms. The lowest BCUT2D eigenvalue weighted by Gasteiger charge is -2.44. The van der Waals surface area contributed by atoms with E-state index >= 15 is 0 Å². The zero-order valence-corrected chi connectivity index (χ0v) is 14.1. The third kappa shape index (κ3) is 3.13. The number of phenols is 2. The fourth-order valence-electron chi connectivity index (χ4n) is 3.64. The Hall–Kier alpha value is -1.82.